The molecule has 2 amide bonds. The van der Waals surface area contributed by atoms with E-state index in [9.17, 15) is 49.3 Å². The number of pyridine rings is 1. The lowest BCUT2D eigenvalue weighted by Gasteiger charge is -2.33. The van der Waals surface area contributed by atoms with Gasteiger partial charge in [-0.2, -0.15) is 4.57 Å². The highest BCUT2D eigenvalue weighted by Gasteiger charge is 2.29. The number of carbonyl (C=O) groups is 5. The number of aliphatic carboxylic acids is 3. The van der Waals surface area contributed by atoms with Gasteiger partial charge >= 0.3 is 30.9 Å². The molecule has 0 bridgehead atoms. The Morgan fingerprint density at radius 3 is 1.66 bits per heavy atom. The second kappa shape index (κ2) is 22.0. The molecule has 4 aromatic rings. The van der Waals surface area contributed by atoms with Crippen LogP contribution in [0, 0.1) is 0 Å². The number of hydrogen-bond donors (Lipinski definition) is 6. The zero-order valence-electron chi connectivity index (χ0n) is 35.8. The number of fused-ring (bicyclic) bond motifs is 3. The maximum absolute atomic E-state index is 14.1. The van der Waals surface area contributed by atoms with Gasteiger partial charge in [0.2, 0.25) is 11.4 Å². The van der Waals surface area contributed by atoms with Crippen LogP contribution >= 0.6 is 0 Å². The molecule has 1 unspecified atom stereocenters. The highest BCUT2D eigenvalue weighted by Crippen LogP contribution is 2.27. The number of nitrogens with one attached hydrogen (secondary N) is 1. The van der Waals surface area contributed by atoms with Crippen molar-refractivity contribution in [3.8, 4) is 0 Å². The number of carboxylic acids is 3. The quantitative estimate of drug-likeness (QED) is 0.0451. The Kier molecular flexibility index (Phi) is 16.9. The second-order valence-corrected chi connectivity index (χ2v) is 16.0. The molecule has 1 aliphatic heterocycles. The molecule has 1 aliphatic rings. The minimum absolute atomic E-state index is 0.00819. The van der Waals surface area contributed by atoms with Crippen LogP contribution in [0.4, 0.5) is 0 Å². The SMILES string of the molecule is CN(Cc1ccc2c(c1)c1ccccc1c(C(=O)NCC(c1ccccc1B(O)O)N(C)C)[n+]2C)C(=O)CN1CCN(CC(=O)O)CCN(CC(=O)O)CCN(CC(=O)O)CC1. The molecule has 1 fully saturated rings. The van der Waals surface area contributed by atoms with Crippen LogP contribution in [-0.4, -0.2) is 198 Å². The lowest BCUT2D eigenvalue weighted by Crippen LogP contribution is -2.49. The summed E-state index contributed by atoms with van der Waals surface area (Å²) < 4.78 is 1.85. The summed E-state index contributed by atoms with van der Waals surface area (Å²) in [5, 5.41) is 54.2. The summed E-state index contributed by atoms with van der Waals surface area (Å²) in [5.74, 6) is -3.56. The number of nitrogens with zero attached hydrogens (tertiary/aromatic N) is 7. The molecule has 62 heavy (non-hydrogen) atoms. The van der Waals surface area contributed by atoms with Gasteiger partial charge in [-0.1, -0.05) is 48.5 Å². The van der Waals surface area contributed by atoms with E-state index in [4.69, 9.17) is 0 Å². The van der Waals surface area contributed by atoms with E-state index < -0.39 is 25.0 Å². The summed E-state index contributed by atoms with van der Waals surface area (Å²) in [6, 6.07) is 20.2. The van der Waals surface area contributed by atoms with Crippen LogP contribution in [-0.2, 0) is 32.8 Å². The van der Waals surface area contributed by atoms with Crippen LogP contribution in [0.15, 0.2) is 66.7 Å². The largest absolute Gasteiger partial charge is 0.488 e. The fourth-order valence-corrected chi connectivity index (χ4v) is 8.04. The molecule has 5 rings (SSSR count). The minimum Gasteiger partial charge on any atom is -0.480 e. The van der Waals surface area contributed by atoms with Gasteiger partial charge in [-0.15, -0.1) is 0 Å². The number of carboxylic acid groups (broad SMARTS) is 3. The van der Waals surface area contributed by atoms with Gasteiger partial charge in [-0.05, 0) is 42.8 Å². The van der Waals surface area contributed by atoms with Crippen molar-refractivity contribution in [3.05, 3.63) is 83.6 Å². The third kappa shape index (κ3) is 12.8. The van der Waals surface area contributed by atoms with Crippen molar-refractivity contribution >= 4 is 64.0 Å². The Bertz CT molecular complexity index is 2210. The van der Waals surface area contributed by atoms with E-state index in [1.165, 1.54) is 0 Å². The van der Waals surface area contributed by atoms with Crippen molar-refractivity contribution in [1.29, 1.82) is 0 Å². The van der Waals surface area contributed by atoms with E-state index in [0.29, 0.717) is 42.9 Å². The van der Waals surface area contributed by atoms with Gasteiger partial charge in [0.25, 0.3) is 5.69 Å². The molecular formula is C43H58BN8O10+. The molecule has 0 radical (unpaired) electrons. The second-order valence-electron chi connectivity index (χ2n) is 16.0. The normalized spacial score (nSPS) is 15.8. The molecule has 18 nitrogen and oxygen atoms in total. The Labute approximate surface area is 361 Å². The summed E-state index contributed by atoms with van der Waals surface area (Å²) >= 11 is 0. The number of amides is 2. The van der Waals surface area contributed by atoms with Gasteiger partial charge in [-0.25, -0.2) is 0 Å². The average Bonchev–Trinajstić information content (AvgIpc) is 3.21. The van der Waals surface area contributed by atoms with Crippen LogP contribution in [0.2, 0.25) is 0 Å². The molecule has 1 atom stereocenters. The van der Waals surface area contributed by atoms with Gasteiger partial charge in [0.1, 0.15) is 7.05 Å². The van der Waals surface area contributed by atoms with Crippen LogP contribution < -0.4 is 15.3 Å². The minimum atomic E-state index is -1.67. The zero-order valence-corrected chi connectivity index (χ0v) is 35.8. The Morgan fingerprint density at radius 2 is 1.16 bits per heavy atom. The van der Waals surface area contributed by atoms with Crippen molar-refractivity contribution in [2.45, 2.75) is 12.6 Å². The Hall–Kier alpha value is -5.54. The van der Waals surface area contributed by atoms with E-state index in [1.807, 2.05) is 90.1 Å². The summed E-state index contributed by atoms with van der Waals surface area (Å²) in [4.78, 5) is 73.4. The van der Waals surface area contributed by atoms with Gasteiger partial charge in [0.15, 0.2) is 0 Å². The molecular weight excluding hydrogens is 799 g/mol. The first-order chi connectivity index (χ1) is 29.5. The van der Waals surface area contributed by atoms with E-state index in [2.05, 4.69) is 5.32 Å². The van der Waals surface area contributed by atoms with Gasteiger partial charge in [0, 0.05) is 83.9 Å². The fourth-order valence-electron chi connectivity index (χ4n) is 8.04. The van der Waals surface area contributed by atoms with Gasteiger partial charge in [-0.3, -0.25) is 43.6 Å². The maximum atomic E-state index is 14.1. The number of likely N-dealkylation sites (N-methyl/N-ethyl adjacent to an activating group) is 2. The van der Waals surface area contributed by atoms with E-state index in [-0.39, 0.29) is 83.3 Å². The number of aromatic nitrogens is 1. The number of hydrogen-bond acceptors (Lipinski definition) is 12. The first-order valence-corrected chi connectivity index (χ1v) is 20.5. The molecule has 19 heteroatoms. The lowest BCUT2D eigenvalue weighted by atomic mass is 9.75. The predicted molar refractivity (Wildman–Crippen MR) is 233 cm³/mol. The summed E-state index contributed by atoms with van der Waals surface area (Å²) in [6.07, 6.45) is 0. The summed E-state index contributed by atoms with van der Waals surface area (Å²) in [7, 11) is 5.60. The topological polar surface area (TPSA) is 222 Å². The highest BCUT2D eigenvalue weighted by atomic mass is 16.4. The Balaban J connectivity index is 1.33. The van der Waals surface area contributed by atoms with Gasteiger partial charge in [0.05, 0.1) is 43.0 Å². The molecule has 0 saturated carbocycles. The number of aryl methyl sites for hydroxylation is 1. The lowest BCUT2D eigenvalue weighted by molar-refractivity contribution is -0.645. The molecule has 0 spiro atoms. The maximum Gasteiger partial charge on any atom is 0.488 e. The van der Waals surface area contributed by atoms with Crippen molar-refractivity contribution in [2.24, 2.45) is 7.05 Å². The molecule has 332 valence electrons. The van der Waals surface area contributed by atoms with E-state index >= 15 is 0 Å². The standard InChI is InChI=1S/C43H57BN8O10/c1-46(2)37(33-11-7-8-12-35(33)44(61)62)24-45-43(60)42-32-10-6-5-9-31(32)34-23-30(13-14-36(34)48(42)4)25-47(3)38(53)26-49-15-17-50(27-39(54)55)19-21-52(29-41(58)59)22-20-51(18-16-49)28-40(56)57/h5-14,23,37,61-62H,15-22,24-29H2,1-4H3,(H3-,45,54,55,56,57,58,59,60)/p+1. The number of rotatable bonds is 16. The van der Waals surface area contributed by atoms with E-state index in [1.54, 1.807) is 38.8 Å². The van der Waals surface area contributed by atoms with Crippen LogP contribution in [0.5, 0.6) is 0 Å². The van der Waals surface area contributed by atoms with Crippen molar-refractivity contribution in [2.75, 3.05) is 106 Å². The highest BCUT2D eigenvalue weighted by molar-refractivity contribution is 6.59. The van der Waals surface area contributed by atoms with Crippen LogP contribution in [0.1, 0.15) is 27.7 Å². The average molecular weight is 858 g/mol. The molecule has 6 N–H and O–H groups in total. The molecule has 3 aromatic carbocycles. The zero-order chi connectivity index (χ0) is 45.1. The molecule has 2 heterocycles. The smallest absolute Gasteiger partial charge is 0.480 e. The van der Waals surface area contributed by atoms with Gasteiger partial charge < -0.3 is 40.5 Å². The Morgan fingerprint density at radius 1 is 0.677 bits per heavy atom. The first kappa shape index (κ1) is 47.5. The fraction of sp³-hybridized carbons (Fsp3) is 0.442. The number of carbonyl (C=O) groups excluding carboxylic acids is 2. The summed E-state index contributed by atoms with van der Waals surface area (Å²) in [5.41, 5.74) is 3.16. The summed E-state index contributed by atoms with van der Waals surface area (Å²) in [6.45, 7) is 2.10. The molecule has 1 saturated heterocycles. The predicted octanol–water partition coefficient (Wildman–Crippen LogP) is -1.04. The first-order valence-electron chi connectivity index (χ1n) is 20.5. The third-order valence-corrected chi connectivity index (χ3v) is 11.4. The van der Waals surface area contributed by atoms with Crippen molar-refractivity contribution in [1.82, 2.24) is 34.7 Å². The molecule has 0 aliphatic carbocycles. The number of benzene rings is 3. The van der Waals surface area contributed by atoms with Crippen LogP contribution in [0.3, 0.4) is 0 Å². The van der Waals surface area contributed by atoms with Crippen LogP contribution in [0.25, 0.3) is 21.7 Å². The van der Waals surface area contributed by atoms with E-state index in [0.717, 1.165) is 27.2 Å². The van der Waals surface area contributed by atoms with Crippen molar-refractivity contribution in [3.63, 3.8) is 0 Å². The third-order valence-electron chi connectivity index (χ3n) is 11.4. The monoisotopic (exact) mass is 857 g/mol. The van der Waals surface area contributed by atoms with Crippen molar-refractivity contribution < 1.29 is 53.9 Å². The molecule has 1 aromatic heterocycles.